The molecule has 0 bridgehead atoms. The highest BCUT2D eigenvalue weighted by molar-refractivity contribution is 5.82. The fraction of sp³-hybridized carbons (Fsp3) is 0.308. The summed E-state index contributed by atoms with van der Waals surface area (Å²) >= 11 is 0. The fourth-order valence-electron chi connectivity index (χ4n) is 1.92. The molecular formula is C13H15NO2. The lowest BCUT2D eigenvalue weighted by molar-refractivity contribution is 0.198. The van der Waals surface area contributed by atoms with E-state index in [9.17, 15) is 9.90 Å². The molecule has 1 heterocycles. The van der Waals surface area contributed by atoms with Gasteiger partial charge in [0.15, 0.2) is 0 Å². The molecule has 3 nitrogen and oxygen atoms in total. The Morgan fingerprint density at radius 2 is 2.19 bits per heavy atom. The third kappa shape index (κ3) is 1.74. The molecule has 0 saturated carbocycles. The maximum atomic E-state index is 11.7. The van der Waals surface area contributed by atoms with E-state index in [1.165, 1.54) is 0 Å². The minimum Gasteiger partial charge on any atom is -0.388 e. The second kappa shape index (κ2) is 4.10. The Hall–Kier alpha value is -1.61. The zero-order valence-corrected chi connectivity index (χ0v) is 9.45. The van der Waals surface area contributed by atoms with Crippen molar-refractivity contribution in [3.8, 4) is 0 Å². The van der Waals surface area contributed by atoms with Crippen LogP contribution in [0.5, 0.6) is 0 Å². The van der Waals surface area contributed by atoms with E-state index in [-0.39, 0.29) is 5.56 Å². The van der Waals surface area contributed by atoms with E-state index in [0.29, 0.717) is 5.56 Å². The minimum absolute atomic E-state index is 0.205. The fourth-order valence-corrected chi connectivity index (χ4v) is 1.92. The Morgan fingerprint density at radius 3 is 2.81 bits per heavy atom. The zero-order chi connectivity index (χ0) is 11.7. The van der Waals surface area contributed by atoms with Gasteiger partial charge in [-0.05, 0) is 30.4 Å². The van der Waals surface area contributed by atoms with Crippen LogP contribution < -0.4 is 5.56 Å². The Kier molecular flexibility index (Phi) is 2.79. The number of aromatic amines is 1. The predicted octanol–water partition coefficient (Wildman–Crippen LogP) is 2.14. The van der Waals surface area contributed by atoms with Crippen LogP contribution in [-0.2, 0) is 6.42 Å². The van der Waals surface area contributed by atoms with Crippen LogP contribution in [-0.4, -0.2) is 10.1 Å². The molecule has 1 aromatic carbocycles. The highest BCUT2D eigenvalue weighted by Crippen LogP contribution is 2.18. The third-order valence-electron chi connectivity index (χ3n) is 2.83. The third-order valence-corrected chi connectivity index (χ3v) is 2.83. The normalized spacial score (nSPS) is 12.9. The van der Waals surface area contributed by atoms with Gasteiger partial charge in [0.2, 0.25) is 0 Å². The van der Waals surface area contributed by atoms with Crippen molar-refractivity contribution < 1.29 is 5.11 Å². The van der Waals surface area contributed by atoms with Crippen molar-refractivity contribution >= 4 is 10.9 Å². The first-order valence-electron chi connectivity index (χ1n) is 5.46. The molecule has 84 valence electrons. The number of pyridine rings is 1. The van der Waals surface area contributed by atoms with Crippen molar-refractivity contribution in [3.05, 3.63) is 45.7 Å². The summed E-state index contributed by atoms with van der Waals surface area (Å²) in [5.41, 5.74) is 2.20. The highest BCUT2D eigenvalue weighted by Gasteiger charge is 2.09. The Bertz CT molecular complexity index is 570. The summed E-state index contributed by atoms with van der Waals surface area (Å²) in [7, 11) is 0. The topological polar surface area (TPSA) is 53.1 Å². The summed E-state index contributed by atoms with van der Waals surface area (Å²) in [5, 5.41) is 10.4. The van der Waals surface area contributed by atoms with Gasteiger partial charge in [-0.25, -0.2) is 0 Å². The van der Waals surface area contributed by atoms with Gasteiger partial charge in [0.1, 0.15) is 0 Å². The quantitative estimate of drug-likeness (QED) is 0.809. The SMILES string of the molecule is CCc1cccc2cc(C(C)O)c(=O)[nH]c12. The lowest BCUT2D eigenvalue weighted by Gasteiger charge is -2.08. The first-order valence-corrected chi connectivity index (χ1v) is 5.46. The first-order chi connectivity index (χ1) is 7.63. The molecule has 2 rings (SSSR count). The molecule has 0 amide bonds. The molecule has 0 fully saturated rings. The number of aliphatic hydroxyl groups is 1. The molecule has 16 heavy (non-hydrogen) atoms. The summed E-state index contributed by atoms with van der Waals surface area (Å²) in [6.45, 7) is 3.65. The van der Waals surface area contributed by atoms with Crippen LogP contribution in [0.2, 0.25) is 0 Å². The standard InChI is InChI=1S/C13H15NO2/c1-3-9-5-4-6-10-7-11(8(2)15)13(16)14-12(9)10/h4-8,15H,3H2,1-2H3,(H,14,16). The summed E-state index contributed by atoms with van der Waals surface area (Å²) in [5.74, 6) is 0. The molecule has 0 aliphatic rings. The summed E-state index contributed by atoms with van der Waals surface area (Å²) in [6, 6.07) is 7.67. The van der Waals surface area contributed by atoms with Gasteiger partial charge in [-0.3, -0.25) is 4.79 Å². The van der Waals surface area contributed by atoms with Crippen LogP contribution in [0, 0.1) is 0 Å². The molecule has 2 aromatic rings. The molecule has 0 radical (unpaired) electrons. The van der Waals surface area contributed by atoms with Crippen LogP contribution >= 0.6 is 0 Å². The van der Waals surface area contributed by atoms with Crippen LogP contribution in [0.4, 0.5) is 0 Å². The van der Waals surface area contributed by atoms with Crippen LogP contribution in [0.15, 0.2) is 29.1 Å². The van der Waals surface area contributed by atoms with Crippen LogP contribution in [0.25, 0.3) is 10.9 Å². The summed E-state index contributed by atoms with van der Waals surface area (Å²) in [4.78, 5) is 14.6. The zero-order valence-electron chi connectivity index (χ0n) is 9.45. The molecule has 1 unspecified atom stereocenters. The van der Waals surface area contributed by atoms with Crippen LogP contribution in [0.1, 0.15) is 31.1 Å². The van der Waals surface area contributed by atoms with Gasteiger partial charge in [0.25, 0.3) is 5.56 Å². The summed E-state index contributed by atoms with van der Waals surface area (Å²) < 4.78 is 0. The smallest absolute Gasteiger partial charge is 0.254 e. The number of para-hydroxylation sites is 1. The number of aromatic nitrogens is 1. The summed E-state index contributed by atoms with van der Waals surface area (Å²) in [6.07, 6.45) is 0.139. The van der Waals surface area contributed by atoms with E-state index in [0.717, 1.165) is 22.9 Å². The molecule has 3 heteroatoms. The molecule has 0 saturated heterocycles. The first kappa shape index (κ1) is 10.9. The molecule has 0 aliphatic heterocycles. The predicted molar refractivity (Wildman–Crippen MR) is 64.6 cm³/mol. The second-order valence-electron chi connectivity index (χ2n) is 3.96. The minimum atomic E-state index is -0.738. The van der Waals surface area contributed by atoms with Gasteiger partial charge >= 0.3 is 0 Å². The van der Waals surface area contributed by atoms with Gasteiger partial charge < -0.3 is 10.1 Å². The van der Waals surface area contributed by atoms with E-state index in [4.69, 9.17) is 0 Å². The monoisotopic (exact) mass is 217 g/mol. The number of fused-ring (bicyclic) bond motifs is 1. The number of benzene rings is 1. The van der Waals surface area contributed by atoms with Crippen LogP contribution in [0.3, 0.4) is 0 Å². The van der Waals surface area contributed by atoms with E-state index in [2.05, 4.69) is 11.9 Å². The number of aryl methyl sites for hydroxylation is 1. The maximum absolute atomic E-state index is 11.7. The Morgan fingerprint density at radius 1 is 1.44 bits per heavy atom. The van der Waals surface area contributed by atoms with Crippen molar-refractivity contribution in [1.29, 1.82) is 0 Å². The van der Waals surface area contributed by atoms with E-state index in [1.54, 1.807) is 13.0 Å². The molecule has 2 N–H and O–H groups in total. The Labute approximate surface area is 93.7 Å². The van der Waals surface area contributed by atoms with Crippen molar-refractivity contribution in [2.24, 2.45) is 0 Å². The highest BCUT2D eigenvalue weighted by atomic mass is 16.3. The lowest BCUT2D eigenvalue weighted by Crippen LogP contribution is -2.15. The average molecular weight is 217 g/mol. The second-order valence-corrected chi connectivity index (χ2v) is 3.96. The number of H-pyrrole nitrogens is 1. The number of nitrogens with one attached hydrogen (secondary N) is 1. The number of aliphatic hydroxyl groups excluding tert-OH is 1. The molecular weight excluding hydrogens is 202 g/mol. The van der Waals surface area contributed by atoms with E-state index < -0.39 is 6.10 Å². The van der Waals surface area contributed by atoms with Crippen molar-refractivity contribution in [2.75, 3.05) is 0 Å². The van der Waals surface area contributed by atoms with Gasteiger partial charge in [-0.1, -0.05) is 25.1 Å². The van der Waals surface area contributed by atoms with Gasteiger partial charge in [0.05, 0.1) is 11.6 Å². The van der Waals surface area contributed by atoms with Crippen molar-refractivity contribution in [1.82, 2.24) is 4.98 Å². The van der Waals surface area contributed by atoms with Crippen molar-refractivity contribution in [2.45, 2.75) is 26.4 Å². The van der Waals surface area contributed by atoms with Gasteiger partial charge in [0, 0.05) is 5.56 Å². The molecule has 0 aliphatic carbocycles. The molecule has 0 spiro atoms. The largest absolute Gasteiger partial charge is 0.388 e. The Balaban J connectivity index is 2.78. The lowest BCUT2D eigenvalue weighted by atomic mass is 10.0. The number of rotatable bonds is 2. The average Bonchev–Trinajstić information content (AvgIpc) is 2.27. The number of hydrogen-bond donors (Lipinski definition) is 2. The molecule has 1 aromatic heterocycles. The van der Waals surface area contributed by atoms with E-state index >= 15 is 0 Å². The maximum Gasteiger partial charge on any atom is 0.254 e. The van der Waals surface area contributed by atoms with E-state index in [1.807, 2.05) is 18.2 Å². The van der Waals surface area contributed by atoms with Crippen molar-refractivity contribution in [3.63, 3.8) is 0 Å². The number of hydrogen-bond acceptors (Lipinski definition) is 2. The van der Waals surface area contributed by atoms with Gasteiger partial charge in [-0.15, -0.1) is 0 Å². The molecule has 1 atom stereocenters. The van der Waals surface area contributed by atoms with Gasteiger partial charge in [-0.2, -0.15) is 0 Å².